The van der Waals surface area contributed by atoms with Gasteiger partial charge in [-0.05, 0) is 18.6 Å². The highest BCUT2D eigenvalue weighted by molar-refractivity contribution is 5.95. The molecule has 1 aromatic rings. The average Bonchev–Trinajstić information content (AvgIpc) is 2.75. The molecule has 1 heterocycles. The van der Waals surface area contributed by atoms with Crippen LogP contribution >= 0.6 is 0 Å². The third kappa shape index (κ3) is 2.50. The van der Waals surface area contributed by atoms with E-state index in [0.717, 1.165) is 6.42 Å². The summed E-state index contributed by atoms with van der Waals surface area (Å²) >= 11 is 0. The van der Waals surface area contributed by atoms with E-state index in [1.165, 1.54) is 18.2 Å². The third-order valence-electron chi connectivity index (χ3n) is 2.98. The van der Waals surface area contributed by atoms with Gasteiger partial charge in [-0.2, -0.15) is 0 Å². The quantitative estimate of drug-likeness (QED) is 0.701. The second-order valence-corrected chi connectivity index (χ2v) is 4.33. The van der Waals surface area contributed by atoms with Crippen LogP contribution in [0.25, 0.3) is 0 Å². The van der Waals surface area contributed by atoms with Gasteiger partial charge in [-0.1, -0.05) is 0 Å². The van der Waals surface area contributed by atoms with Gasteiger partial charge in [0, 0.05) is 37.2 Å². The Morgan fingerprint density at radius 2 is 1.94 bits per heavy atom. The number of aromatic hydroxyl groups is 2. The fourth-order valence-corrected chi connectivity index (χ4v) is 2.07. The first-order valence-electron chi connectivity index (χ1n) is 5.53. The fourth-order valence-electron chi connectivity index (χ4n) is 2.07. The summed E-state index contributed by atoms with van der Waals surface area (Å²) in [4.78, 5) is 13.7. The summed E-state index contributed by atoms with van der Waals surface area (Å²) < 4.78 is 0. The van der Waals surface area contributed by atoms with E-state index in [-0.39, 0.29) is 35.5 Å². The number of hydrogen-bond donors (Lipinski definition) is 3. The molecule has 3 N–H and O–H groups in total. The molecule has 5 nitrogen and oxygen atoms in total. The molecule has 1 unspecified atom stereocenters. The minimum absolute atomic E-state index is 0.0784. The zero-order valence-electron chi connectivity index (χ0n) is 9.33. The number of phenols is 2. The molecule has 5 heteroatoms. The van der Waals surface area contributed by atoms with E-state index >= 15 is 0 Å². The Morgan fingerprint density at radius 3 is 2.47 bits per heavy atom. The first-order chi connectivity index (χ1) is 8.10. The smallest absolute Gasteiger partial charge is 0.254 e. The minimum Gasteiger partial charge on any atom is -0.508 e. The highest BCUT2D eigenvalue weighted by Crippen LogP contribution is 2.24. The van der Waals surface area contributed by atoms with Crippen LogP contribution in [0.4, 0.5) is 0 Å². The zero-order chi connectivity index (χ0) is 12.4. The summed E-state index contributed by atoms with van der Waals surface area (Å²) in [6, 6.07) is 3.83. The van der Waals surface area contributed by atoms with Crippen LogP contribution in [0.1, 0.15) is 16.8 Å². The van der Waals surface area contributed by atoms with Crippen LogP contribution in [0, 0.1) is 5.92 Å². The van der Waals surface area contributed by atoms with Gasteiger partial charge in [-0.3, -0.25) is 4.79 Å². The average molecular weight is 237 g/mol. The van der Waals surface area contributed by atoms with Gasteiger partial charge in [0.1, 0.15) is 11.5 Å². The van der Waals surface area contributed by atoms with Crippen LogP contribution in [-0.4, -0.2) is 45.8 Å². The van der Waals surface area contributed by atoms with Crippen molar-refractivity contribution in [3.63, 3.8) is 0 Å². The Balaban J connectivity index is 2.14. The largest absolute Gasteiger partial charge is 0.508 e. The molecule has 17 heavy (non-hydrogen) atoms. The van der Waals surface area contributed by atoms with Crippen molar-refractivity contribution in [2.24, 2.45) is 5.92 Å². The fraction of sp³-hybridized carbons (Fsp3) is 0.417. The van der Waals surface area contributed by atoms with Gasteiger partial charge in [-0.15, -0.1) is 0 Å². The van der Waals surface area contributed by atoms with Crippen molar-refractivity contribution < 1.29 is 20.1 Å². The number of carbonyl (C=O) groups is 1. The van der Waals surface area contributed by atoms with Crippen molar-refractivity contribution in [1.29, 1.82) is 0 Å². The molecular formula is C12H15NO4. The predicted octanol–water partition coefficient (Wildman–Crippen LogP) is 0.552. The molecule has 1 saturated heterocycles. The Hall–Kier alpha value is -1.75. The van der Waals surface area contributed by atoms with E-state index in [2.05, 4.69) is 0 Å². The number of hydrogen-bond acceptors (Lipinski definition) is 4. The van der Waals surface area contributed by atoms with Crippen LogP contribution in [0.15, 0.2) is 18.2 Å². The molecule has 0 bridgehead atoms. The Morgan fingerprint density at radius 1 is 1.29 bits per heavy atom. The molecule has 1 amide bonds. The van der Waals surface area contributed by atoms with Gasteiger partial charge in [0.15, 0.2) is 0 Å². The lowest BCUT2D eigenvalue weighted by Crippen LogP contribution is -2.29. The van der Waals surface area contributed by atoms with E-state index < -0.39 is 0 Å². The molecule has 92 valence electrons. The first kappa shape index (κ1) is 11.7. The lowest BCUT2D eigenvalue weighted by molar-refractivity contribution is 0.0781. The molecule has 0 aromatic heterocycles. The van der Waals surface area contributed by atoms with Crippen molar-refractivity contribution in [3.05, 3.63) is 23.8 Å². The topological polar surface area (TPSA) is 81.0 Å². The van der Waals surface area contributed by atoms with E-state index in [4.69, 9.17) is 5.11 Å². The van der Waals surface area contributed by atoms with Gasteiger partial charge in [-0.25, -0.2) is 0 Å². The van der Waals surface area contributed by atoms with Crippen LogP contribution in [0.5, 0.6) is 11.5 Å². The summed E-state index contributed by atoms with van der Waals surface area (Å²) in [5, 5.41) is 27.6. The van der Waals surface area contributed by atoms with Gasteiger partial charge < -0.3 is 20.2 Å². The van der Waals surface area contributed by atoms with Gasteiger partial charge in [0.2, 0.25) is 0 Å². The number of rotatable bonds is 2. The lowest BCUT2D eigenvalue weighted by atomic mass is 10.1. The Labute approximate surface area is 98.9 Å². The molecule has 0 radical (unpaired) electrons. The summed E-state index contributed by atoms with van der Waals surface area (Å²) in [7, 11) is 0. The predicted molar refractivity (Wildman–Crippen MR) is 60.9 cm³/mol. The maximum Gasteiger partial charge on any atom is 0.254 e. The molecular weight excluding hydrogens is 222 g/mol. The van der Waals surface area contributed by atoms with E-state index in [1.807, 2.05) is 0 Å². The monoisotopic (exact) mass is 237 g/mol. The van der Waals surface area contributed by atoms with Crippen LogP contribution in [0.3, 0.4) is 0 Å². The second kappa shape index (κ2) is 4.63. The van der Waals surface area contributed by atoms with E-state index in [0.29, 0.717) is 13.1 Å². The van der Waals surface area contributed by atoms with E-state index in [1.54, 1.807) is 4.90 Å². The molecule has 1 atom stereocenters. The Bertz CT molecular complexity index is 412. The van der Waals surface area contributed by atoms with Crippen molar-refractivity contribution in [3.8, 4) is 11.5 Å². The molecule has 0 spiro atoms. The van der Waals surface area contributed by atoms with Gasteiger partial charge in [0.05, 0.1) is 0 Å². The standard InChI is InChI=1S/C12H15NO4/c14-7-8-1-2-13(6-8)12(17)9-3-10(15)5-11(16)4-9/h3-5,8,14-16H,1-2,6-7H2. The summed E-state index contributed by atoms with van der Waals surface area (Å²) in [5.74, 6) is -0.366. The number of aliphatic hydroxyl groups is 1. The normalized spacial score (nSPS) is 19.6. The molecule has 0 aliphatic carbocycles. The number of nitrogens with zero attached hydrogens (tertiary/aromatic N) is 1. The number of amides is 1. The molecule has 1 aliphatic heterocycles. The number of likely N-dealkylation sites (tertiary alicyclic amines) is 1. The van der Waals surface area contributed by atoms with Crippen molar-refractivity contribution in [1.82, 2.24) is 4.90 Å². The molecule has 0 saturated carbocycles. The first-order valence-corrected chi connectivity index (χ1v) is 5.53. The Kier molecular flexibility index (Phi) is 3.19. The minimum atomic E-state index is -0.229. The highest BCUT2D eigenvalue weighted by atomic mass is 16.3. The molecule has 1 fully saturated rings. The third-order valence-corrected chi connectivity index (χ3v) is 2.98. The molecule has 1 aromatic carbocycles. The number of phenolic OH excluding ortho intramolecular Hbond substituents is 2. The van der Waals surface area contributed by atoms with Crippen molar-refractivity contribution >= 4 is 5.91 Å². The highest BCUT2D eigenvalue weighted by Gasteiger charge is 2.26. The SMILES string of the molecule is O=C(c1cc(O)cc(O)c1)N1CCC(CO)C1. The second-order valence-electron chi connectivity index (χ2n) is 4.33. The summed E-state index contributed by atoms with van der Waals surface area (Å²) in [6.45, 7) is 1.20. The molecule has 2 rings (SSSR count). The molecule has 1 aliphatic rings. The maximum atomic E-state index is 12.0. The van der Waals surface area contributed by atoms with Gasteiger partial charge in [0.25, 0.3) is 5.91 Å². The zero-order valence-corrected chi connectivity index (χ0v) is 9.33. The van der Waals surface area contributed by atoms with Crippen molar-refractivity contribution in [2.75, 3.05) is 19.7 Å². The number of benzene rings is 1. The number of carbonyl (C=O) groups excluding carboxylic acids is 1. The summed E-state index contributed by atoms with van der Waals surface area (Å²) in [5.41, 5.74) is 0.265. The van der Waals surface area contributed by atoms with Crippen LogP contribution < -0.4 is 0 Å². The van der Waals surface area contributed by atoms with Crippen LogP contribution in [-0.2, 0) is 0 Å². The van der Waals surface area contributed by atoms with Crippen molar-refractivity contribution in [2.45, 2.75) is 6.42 Å². The lowest BCUT2D eigenvalue weighted by Gasteiger charge is -2.16. The summed E-state index contributed by atoms with van der Waals surface area (Å²) in [6.07, 6.45) is 0.785. The number of aliphatic hydroxyl groups excluding tert-OH is 1. The maximum absolute atomic E-state index is 12.0. The van der Waals surface area contributed by atoms with E-state index in [9.17, 15) is 15.0 Å². The van der Waals surface area contributed by atoms with Gasteiger partial charge >= 0.3 is 0 Å². The van der Waals surface area contributed by atoms with Crippen LogP contribution in [0.2, 0.25) is 0 Å².